The monoisotopic (exact) mass is 413 g/mol. The molecule has 1 heterocycles. The predicted molar refractivity (Wildman–Crippen MR) is 108 cm³/mol. The minimum Gasteiger partial charge on any atom is -0.491 e. The molecule has 1 aliphatic heterocycles. The molecular weight excluding hydrogens is 390 g/mol. The van der Waals surface area contributed by atoms with Crippen LogP contribution in [-0.2, 0) is 10.3 Å². The average Bonchev–Trinajstić information content (AvgIpc) is 2.90. The largest absolute Gasteiger partial charge is 0.491 e. The summed E-state index contributed by atoms with van der Waals surface area (Å²) in [6.07, 6.45) is -1.08. The maximum absolute atomic E-state index is 12.9. The number of nitrogens with one attached hydrogen (secondary N) is 1. The van der Waals surface area contributed by atoms with E-state index in [2.05, 4.69) is 5.32 Å². The molecule has 1 fully saturated rings. The molecule has 0 aromatic heterocycles. The third kappa shape index (κ3) is 4.25. The van der Waals surface area contributed by atoms with E-state index < -0.39 is 28.5 Å². The number of aryl methyl sites for hydroxylation is 2. The Kier molecular flexibility index (Phi) is 5.75. The van der Waals surface area contributed by atoms with Crippen LogP contribution in [0.3, 0.4) is 0 Å². The molecule has 30 heavy (non-hydrogen) atoms. The van der Waals surface area contributed by atoms with Crippen molar-refractivity contribution in [2.24, 2.45) is 0 Å². The second-order valence-electron chi connectivity index (χ2n) is 7.56. The molecule has 0 aliphatic carbocycles. The van der Waals surface area contributed by atoms with Crippen LogP contribution in [0.5, 0.6) is 5.75 Å². The lowest BCUT2D eigenvalue weighted by molar-refractivity contribution is -0.384. The summed E-state index contributed by atoms with van der Waals surface area (Å²) in [5, 5.41) is 23.7. The van der Waals surface area contributed by atoms with Crippen molar-refractivity contribution in [1.82, 2.24) is 10.2 Å². The topological polar surface area (TPSA) is 122 Å². The molecule has 2 aromatic carbocycles. The van der Waals surface area contributed by atoms with Crippen molar-refractivity contribution in [2.75, 3.05) is 13.2 Å². The summed E-state index contributed by atoms with van der Waals surface area (Å²) < 4.78 is 5.60. The van der Waals surface area contributed by atoms with E-state index in [-0.39, 0.29) is 18.8 Å². The summed E-state index contributed by atoms with van der Waals surface area (Å²) in [4.78, 5) is 36.5. The molecule has 0 radical (unpaired) electrons. The van der Waals surface area contributed by atoms with Gasteiger partial charge in [-0.2, -0.15) is 0 Å². The highest BCUT2D eigenvalue weighted by molar-refractivity contribution is 6.07. The summed E-state index contributed by atoms with van der Waals surface area (Å²) in [5.74, 6) is 0.0475. The smallest absolute Gasteiger partial charge is 0.325 e. The zero-order valence-corrected chi connectivity index (χ0v) is 16.9. The van der Waals surface area contributed by atoms with Crippen molar-refractivity contribution in [3.05, 3.63) is 69.3 Å². The molecule has 158 valence electrons. The zero-order chi connectivity index (χ0) is 22.1. The van der Waals surface area contributed by atoms with Crippen molar-refractivity contribution < 1.29 is 24.4 Å². The van der Waals surface area contributed by atoms with Gasteiger partial charge in [0.15, 0.2) is 0 Å². The number of rotatable bonds is 7. The molecule has 1 aliphatic rings. The number of nitro groups is 1. The SMILES string of the molecule is Cc1cc(C)cc(OC[C@H](O)CN2C(=O)N[C@](C)(c3ccc([N+](=O)[O-])cc3)C2=O)c1. The fraction of sp³-hybridized carbons (Fsp3) is 0.333. The quantitative estimate of drug-likeness (QED) is 0.408. The Hall–Kier alpha value is -3.46. The Labute approximate surface area is 173 Å². The van der Waals surface area contributed by atoms with E-state index in [1.165, 1.54) is 31.2 Å². The van der Waals surface area contributed by atoms with E-state index in [0.29, 0.717) is 11.3 Å². The number of β-amino-alcohol motifs (C(OH)–C–C–N with tert-alkyl or cyclic N) is 1. The molecule has 3 amide bonds. The molecule has 3 rings (SSSR count). The molecule has 0 spiro atoms. The fourth-order valence-electron chi connectivity index (χ4n) is 3.45. The molecule has 0 unspecified atom stereocenters. The maximum atomic E-state index is 12.9. The van der Waals surface area contributed by atoms with Crippen LogP contribution in [0.2, 0.25) is 0 Å². The van der Waals surface area contributed by atoms with Gasteiger partial charge >= 0.3 is 6.03 Å². The maximum Gasteiger partial charge on any atom is 0.325 e. The number of nitrogens with zero attached hydrogens (tertiary/aromatic N) is 2. The van der Waals surface area contributed by atoms with Gasteiger partial charge in [-0.3, -0.25) is 19.8 Å². The van der Waals surface area contributed by atoms with Gasteiger partial charge in [-0.05, 0) is 61.7 Å². The molecule has 2 N–H and O–H groups in total. The van der Waals surface area contributed by atoms with Gasteiger partial charge in [0.2, 0.25) is 0 Å². The van der Waals surface area contributed by atoms with E-state index in [1.807, 2.05) is 32.0 Å². The van der Waals surface area contributed by atoms with Gasteiger partial charge in [0.25, 0.3) is 11.6 Å². The first-order valence-electron chi connectivity index (χ1n) is 9.38. The summed E-state index contributed by atoms with van der Waals surface area (Å²) in [6, 6.07) is 10.4. The van der Waals surface area contributed by atoms with Crippen LogP contribution < -0.4 is 10.1 Å². The number of urea groups is 1. The Morgan fingerprint density at radius 3 is 2.33 bits per heavy atom. The van der Waals surface area contributed by atoms with Gasteiger partial charge in [0, 0.05) is 12.1 Å². The molecule has 9 nitrogen and oxygen atoms in total. The van der Waals surface area contributed by atoms with Gasteiger partial charge in [-0.25, -0.2) is 4.79 Å². The predicted octanol–water partition coefficient (Wildman–Crippen LogP) is 2.42. The van der Waals surface area contributed by atoms with Crippen LogP contribution in [0, 0.1) is 24.0 Å². The minimum absolute atomic E-state index is 0.0891. The van der Waals surface area contributed by atoms with Gasteiger partial charge in [0.05, 0.1) is 11.5 Å². The Bertz CT molecular complexity index is 970. The number of nitro benzene ring substituents is 1. The first kappa shape index (κ1) is 21.3. The molecular formula is C21H23N3O6. The lowest BCUT2D eigenvalue weighted by Crippen LogP contribution is -2.42. The van der Waals surface area contributed by atoms with Gasteiger partial charge < -0.3 is 15.2 Å². The number of hydrogen-bond donors (Lipinski definition) is 2. The number of benzene rings is 2. The van der Waals surface area contributed by atoms with E-state index in [9.17, 15) is 24.8 Å². The zero-order valence-electron chi connectivity index (χ0n) is 16.9. The van der Waals surface area contributed by atoms with Crippen LogP contribution >= 0.6 is 0 Å². The van der Waals surface area contributed by atoms with Gasteiger partial charge in [-0.1, -0.05) is 6.07 Å². The number of amides is 3. The number of non-ortho nitro benzene ring substituents is 1. The summed E-state index contributed by atoms with van der Waals surface area (Å²) in [7, 11) is 0. The number of carbonyl (C=O) groups excluding carboxylic acids is 2. The van der Waals surface area contributed by atoms with Crippen LogP contribution in [0.1, 0.15) is 23.6 Å². The average molecular weight is 413 g/mol. The number of carbonyl (C=O) groups is 2. The number of aliphatic hydroxyl groups is 1. The summed E-state index contributed by atoms with van der Waals surface area (Å²) in [5.41, 5.74) is 0.963. The highest BCUT2D eigenvalue weighted by atomic mass is 16.6. The molecule has 0 bridgehead atoms. The first-order valence-corrected chi connectivity index (χ1v) is 9.38. The Morgan fingerprint density at radius 1 is 1.17 bits per heavy atom. The molecule has 2 aromatic rings. The lowest BCUT2D eigenvalue weighted by atomic mass is 9.92. The van der Waals surface area contributed by atoms with Crippen molar-refractivity contribution in [3.63, 3.8) is 0 Å². The molecule has 2 atom stereocenters. The standard InChI is InChI=1S/C21H23N3O6/c1-13-8-14(2)10-18(9-13)30-12-17(25)11-23-19(26)21(3,22-20(23)27)15-4-6-16(7-5-15)24(28)29/h4-10,17,25H,11-12H2,1-3H3,(H,22,27)/t17-,21-/m1/s1. The van der Waals surface area contributed by atoms with Crippen LogP contribution in [0.4, 0.5) is 10.5 Å². The van der Waals surface area contributed by atoms with Crippen LogP contribution in [-0.4, -0.2) is 46.1 Å². The van der Waals surface area contributed by atoms with Crippen LogP contribution in [0.25, 0.3) is 0 Å². The third-order valence-electron chi connectivity index (χ3n) is 4.96. The Balaban J connectivity index is 1.67. The van der Waals surface area contributed by atoms with Gasteiger partial charge in [0.1, 0.15) is 24.0 Å². The van der Waals surface area contributed by atoms with Crippen molar-refractivity contribution in [3.8, 4) is 5.75 Å². The summed E-state index contributed by atoms with van der Waals surface area (Å²) >= 11 is 0. The molecule has 9 heteroatoms. The Morgan fingerprint density at radius 2 is 1.77 bits per heavy atom. The van der Waals surface area contributed by atoms with E-state index >= 15 is 0 Å². The van der Waals surface area contributed by atoms with Crippen LogP contribution in [0.15, 0.2) is 42.5 Å². The second-order valence-corrected chi connectivity index (χ2v) is 7.56. The number of imide groups is 1. The molecule has 1 saturated heterocycles. The minimum atomic E-state index is -1.37. The number of aliphatic hydroxyl groups excluding tert-OH is 1. The van der Waals surface area contributed by atoms with Gasteiger partial charge in [-0.15, -0.1) is 0 Å². The lowest BCUT2D eigenvalue weighted by Gasteiger charge is -2.23. The second kappa shape index (κ2) is 8.11. The normalized spacial score (nSPS) is 19.5. The number of ether oxygens (including phenoxy) is 1. The molecule has 0 saturated carbocycles. The van der Waals surface area contributed by atoms with E-state index in [4.69, 9.17) is 4.74 Å². The van der Waals surface area contributed by atoms with Crippen molar-refractivity contribution in [2.45, 2.75) is 32.4 Å². The highest BCUT2D eigenvalue weighted by Crippen LogP contribution is 2.30. The van der Waals surface area contributed by atoms with E-state index in [1.54, 1.807) is 0 Å². The number of hydrogen-bond acceptors (Lipinski definition) is 6. The van der Waals surface area contributed by atoms with E-state index in [0.717, 1.165) is 16.0 Å². The summed E-state index contributed by atoms with van der Waals surface area (Å²) in [6.45, 7) is 5.06. The first-order chi connectivity index (χ1) is 14.1. The van der Waals surface area contributed by atoms with Crippen molar-refractivity contribution >= 4 is 17.6 Å². The third-order valence-corrected chi connectivity index (χ3v) is 4.96. The highest BCUT2D eigenvalue weighted by Gasteiger charge is 2.49. The fourth-order valence-corrected chi connectivity index (χ4v) is 3.45. The van der Waals surface area contributed by atoms with Crippen molar-refractivity contribution in [1.29, 1.82) is 0 Å².